The number of fused-ring (bicyclic) bond motifs is 2. The summed E-state index contributed by atoms with van der Waals surface area (Å²) in [5, 5.41) is 55.3. The van der Waals surface area contributed by atoms with E-state index in [9.17, 15) is 54.0 Å². The number of nitrogens with one attached hydrogen (secondary N) is 5. The number of unbranched alkanes of at least 4 members (excludes halogenated alkanes) is 2. The molecule has 3 saturated heterocycles. The first kappa shape index (κ1) is 56.3. The zero-order chi connectivity index (χ0) is 54.6. The molecule has 0 aliphatic carbocycles. The van der Waals surface area contributed by atoms with E-state index >= 15 is 4.39 Å². The number of carbonyl (C=O) groups is 7. The van der Waals surface area contributed by atoms with Gasteiger partial charge in [-0.05, 0) is 110 Å². The van der Waals surface area contributed by atoms with Gasteiger partial charge in [-0.1, -0.05) is 80.4 Å². The van der Waals surface area contributed by atoms with Crippen molar-refractivity contribution in [2.45, 2.75) is 139 Å². The fourth-order valence-electron chi connectivity index (χ4n) is 9.54. The third-order valence-electron chi connectivity index (χ3n) is 14.0. The molecule has 3 aliphatic rings. The molecule has 3 aliphatic heterocycles. The quantitative estimate of drug-likeness (QED) is 0.0652. The monoisotopic (exact) mass is 1050 g/mol. The molecular formula is C56H68FN7O12. The highest BCUT2D eigenvalue weighted by atomic mass is 19.1. The predicted octanol–water partition coefficient (Wildman–Crippen LogP) is 3.01. The number of aryl methyl sites for hydroxylation is 1. The number of carbonyl (C=O) groups excluding carboxylic acids is 7. The third-order valence-corrected chi connectivity index (χ3v) is 14.0. The van der Waals surface area contributed by atoms with Crippen LogP contribution in [0.5, 0.6) is 11.5 Å². The van der Waals surface area contributed by atoms with E-state index in [0.29, 0.717) is 17.1 Å². The van der Waals surface area contributed by atoms with Crippen LogP contribution < -0.4 is 31.3 Å². The molecule has 0 bridgehead atoms. The van der Waals surface area contributed by atoms with Crippen LogP contribution in [0.1, 0.15) is 88.1 Å². The zero-order valence-corrected chi connectivity index (χ0v) is 42.8. The highest BCUT2D eigenvalue weighted by molar-refractivity contribution is 6.00. The first-order valence-corrected chi connectivity index (χ1v) is 25.9. The molecule has 0 saturated carbocycles. The first-order chi connectivity index (χ1) is 36.4. The van der Waals surface area contributed by atoms with Gasteiger partial charge in [-0.2, -0.15) is 0 Å². The van der Waals surface area contributed by atoms with Crippen LogP contribution in [0.4, 0.5) is 4.39 Å². The van der Waals surface area contributed by atoms with Crippen LogP contribution in [0.25, 0.3) is 22.3 Å². The maximum Gasteiger partial charge on any atom is 0.251 e. The number of rotatable bonds is 14. The number of aliphatic hydroxyl groups excluding tert-OH is 3. The molecule has 76 heavy (non-hydrogen) atoms. The molecule has 9 N–H and O–H groups in total. The van der Waals surface area contributed by atoms with Crippen molar-refractivity contribution in [3.8, 4) is 33.8 Å². The van der Waals surface area contributed by atoms with Gasteiger partial charge in [-0.15, -0.1) is 0 Å². The Balaban J connectivity index is 1.10. The molecule has 7 rings (SSSR count). The number of nitrogens with zero attached hydrogens (tertiary/aromatic N) is 2. The van der Waals surface area contributed by atoms with Gasteiger partial charge < -0.3 is 56.6 Å². The maximum atomic E-state index is 15.3. The molecule has 0 radical (unpaired) electrons. The van der Waals surface area contributed by atoms with Gasteiger partial charge in [-0.3, -0.25) is 38.5 Å². The molecule has 7 unspecified atom stereocenters. The number of phenolic OH excluding ortho intramolecular Hbond substituents is 1. The molecule has 7 amide bonds. The van der Waals surface area contributed by atoms with Crippen molar-refractivity contribution >= 4 is 41.4 Å². The fraction of sp³-hybridized carbons (Fsp3) is 0.446. The molecule has 0 spiro atoms. The Labute approximate surface area is 440 Å². The number of halogens is 1. The van der Waals surface area contributed by atoms with Crippen LogP contribution in [0.15, 0.2) is 97.1 Å². The van der Waals surface area contributed by atoms with Crippen molar-refractivity contribution < 1.29 is 63.1 Å². The lowest BCUT2D eigenvalue weighted by Gasteiger charge is -2.44. The number of hydrogen-bond donors (Lipinski definition) is 9. The zero-order valence-electron chi connectivity index (χ0n) is 42.8. The molecule has 10 atom stereocenters. The minimum atomic E-state index is -1.94. The van der Waals surface area contributed by atoms with Gasteiger partial charge in [0.05, 0.1) is 24.9 Å². The van der Waals surface area contributed by atoms with Crippen molar-refractivity contribution in [2.24, 2.45) is 0 Å². The van der Waals surface area contributed by atoms with E-state index < -0.39 is 115 Å². The normalized spacial score (nSPS) is 24.8. The molecule has 0 aromatic heterocycles. The number of amides is 7. The molecular weight excluding hydrogens is 982 g/mol. The van der Waals surface area contributed by atoms with Gasteiger partial charge in [0.1, 0.15) is 47.8 Å². The lowest BCUT2D eigenvalue weighted by atomic mass is 9.97. The van der Waals surface area contributed by atoms with E-state index in [1.54, 1.807) is 36.4 Å². The van der Waals surface area contributed by atoms with Crippen LogP contribution in [-0.4, -0.2) is 152 Å². The molecule has 19 nitrogen and oxygen atoms in total. The van der Waals surface area contributed by atoms with Gasteiger partial charge in [0.2, 0.25) is 29.5 Å². The Kier molecular flexibility index (Phi) is 19.2. The lowest BCUT2D eigenvalue weighted by molar-refractivity contribution is -0.167. The summed E-state index contributed by atoms with van der Waals surface area (Å²) in [5.74, 6) is -5.49. The summed E-state index contributed by atoms with van der Waals surface area (Å²) in [7, 11) is 0. The van der Waals surface area contributed by atoms with Gasteiger partial charge in [0.25, 0.3) is 11.8 Å². The molecule has 406 valence electrons. The number of benzene rings is 4. The van der Waals surface area contributed by atoms with Crippen molar-refractivity contribution in [3.05, 3.63) is 108 Å². The number of hydrogen-bond acceptors (Lipinski definition) is 12. The minimum absolute atomic E-state index is 0.0195. The van der Waals surface area contributed by atoms with Crippen LogP contribution >= 0.6 is 0 Å². The third kappa shape index (κ3) is 14.1. The van der Waals surface area contributed by atoms with Gasteiger partial charge >= 0.3 is 0 Å². The Morgan fingerprint density at radius 1 is 0.724 bits per heavy atom. The summed E-state index contributed by atoms with van der Waals surface area (Å²) in [6, 6.07) is 19.4. The maximum absolute atomic E-state index is 15.3. The minimum Gasteiger partial charge on any atom is -0.508 e. The Bertz CT molecular complexity index is 2670. The van der Waals surface area contributed by atoms with Crippen LogP contribution in [0.3, 0.4) is 0 Å². The largest absolute Gasteiger partial charge is 0.508 e. The molecule has 3 heterocycles. The number of alkyl halides is 1. The van der Waals surface area contributed by atoms with E-state index in [0.717, 1.165) is 52.2 Å². The van der Waals surface area contributed by atoms with E-state index in [-0.39, 0.29) is 50.0 Å². The number of aliphatic hydroxyl groups is 3. The smallest absolute Gasteiger partial charge is 0.251 e. The van der Waals surface area contributed by atoms with Crippen LogP contribution in [-0.2, 0) is 35.2 Å². The van der Waals surface area contributed by atoms with Crippen LogP contribution in [0.2, 0.25) is 0 Å². The van der Waals surface area contributed by atoms with E-state index in [2.05, 4.69) is 33.5 Å². The predicted molar refractivity (Wildman–Crippen MR) is 278 cm³/mol. The second kappa shape index (κ2) is 25.9. The Hall–Kier alpha value is -7.42. The molecule has 3 fully saturated rings. The number of aromatic hydroxyl groups is 1. The molecule has 4 aromatic carbocycles. The fourth-order valence-corrected chi connectivity index (χ4v) is 9.54. The van der Waals surface area contributed by atoms with Crippen molar-refractivity contribution in [3.63, 3.8) is 0 Å². The average molecular weight is 1050 g/mol. The SMILES string of the molecule is CCCCCOc1ccc(-c2ccc(-c3ccc(C(=O)N[C@H]4CCCNC(=O)C5C[C@H](F)N5C(=O)C(C(C)O)NC(=O)C(CCc5ccc(O)cc5)NC(=O)C5C[C@@H](O)CN5C(=O)C(C(C)O)NC4=O)cc3)cc2)cc1. The molecule has 20 heteroatoms. The van der Waals surface area contributed by atoms with Gasteiger partial charge in [0.15, 0.2) is 6.30 Å². The summed E-state index contributed by atoms with van der Waals surface area (Å²) in [6.07, 6.45) is -3.93. The lowest BCUT2D eigenvalue weighted by Crippen LogP contribution is -2.68. The highest BCUT2D eigenvalue weighted by Gasteiger charge is 2.50. The second-order valence-corrected chi connectivity index (χ2v) is 19.7. The Morgan fingerprint density at radius 3 is 1.89 bits per heavy atom. The van der Waals surface area contributed by atoms with Gasteiger partial charge in [0, 0.05) is 31.5 Å². The number of ether oxygens (including phenoxy) is 1. The molecule has 4 aromatic rings. The highest BCUT2D eigenvalue weighted by Crippen LogP contribution is 2.30. The number of phenols is 1. The second-order valence-electron chi connectivity index (χ2n) is 19.7. The summed E-state index contributed by atoms with van der Waals surface area (Å²) in [6.45, 7) is 4.71. The van der Waals surface area contributed by atoms with E-state index in [1.807, 2.05) is 48.5 Å². The standard InChI is InChI=1S/C56H68FN7O12/c1-4-5-6-28-76-42-24-20-38(21-25-42)36-14-12-35(13-15-36)37-16-18-39(19-17-37)50(69)59-43-8-7-27-58-53(72)46-30-47(57)64(46)56(75)49(33(3)66)62-52(71)44(26-11-34-9-22-40(67)23-10-34)60-54(73)45-29-41(68)31-63(45)55(74)48(32(2)65)61-51(43)70/h9-10,12-25,32-33,41,43-49,65-68H,4-8,11,26-31H2,1-3H3,(H,58,72)(H,59,69)(H,60,73)(H,61,70)(H,62,71)/t32?,33?,41-,43+,44?,45?,46?,47-,48?,49?/m1/s1. The summed E-state index contributed by atoms with van der Waals surface area (Å²) < 4.78 is 21.1. The van der Waals surface area contributed by atoms with Crippen molar-refractivity contribution in [1.82, 2.24) is 36.4 Å². The summed E-state index contributed by atoms with van der Waals surface area (Å²) in [4.78, 5) is 99.7. The van der Waals surface area contributed by atoms with Gasteiger partial charge in [-0.25, -0.2) is 4.39 Å². The van der Waals surface area contributed by atoms with Crippen molar-refractivity contribution in [2.75, 3.05) is 19.7 Å². The summed E-state index contributed by atoms with van der Waals surface area (Å²) >= 11 is 0. The van der Waals surface area contributed by atoms with E-state index in [4.69, 9.17) is 4.74 Å². The first-order valence-electron chi connectivity index (χ1n) is 25.9. The van der Waals surface area contributed by atoms with Crippen LogP contribution in [0, 0.1) is 0 Å². The summed E-state index contributed by atoms with van der Waals surface area (Å²) in [5.41, 5.74) is 4.53. The average Bonchev–Trinajstić information content (AvgIpc) is 3.81. The van der Waals surface area contributed by atoms with E-state index in [1.165, 1.54) is 26.0 Å². The Morgan fingerprint density at radius 2 is 1.30 bits per heavy atom. The van der Waals surface area contributed by atoms with Crippen molar-refractivity contribution in [1.29, 1.82) is 0 Å². The topological polar surface area (TPSA) is 276 Å².